The van der Waals surface area contributed by atoms with E-state index in [9.17, 15) is 9.59 Å². The molecule has 0 saturated heterocycles. The van der Waals surface area contributed by atoms with E-state index in [0.29, 0.717) is 19.4 Å². The van der Waals surface area contributed by atoms with Gasteiger partial charge in [-0.3, -0.25) is 9.59 Å². The minimum atomic E-state index is -0.691. The lowest BCUT2D eigenvalue weighted by Gasteiger charge is -2.06. The molecule has 24 heavy (non-hydrogen) atoms. The standard InChI is InChI=1S/C20H38O4/c1-18(2)14-12-13-17-24-20(23)16-11-9-7-5-3-4-6-8-10-15-19(21)22/h18H,3-17H2,1-2H3,(H,21,22). The van der Waals surface area contributed by atoms with Crippen LogP contribution in [-0.2, 0) is 14.3 Å². The Morgan fingerprint density at radius 3 is 1.75 bits per heavy atom. The van der Waals surface area contributed by atoms with Crippen LogP contribution in [0.3, 0.4) is 0 Å². The van der Waals surface area contributed by atoms with E-state index in [1.807, 2.05) is 0 Å². The Labute approximate surface area is 148 Å². The summed E-state index contributed by atoms with van der Waals surface area (Å²) < 4.78 is 5.24. The number of ether oxygens (including phenoxy) is 1. The Hall–Kier alpha value is -1.06. The Morgan fingerprint density at radius 1 is 0.750 bits per heavy atom. The topological polar surface area (TPSA) is 63.6 Å². The average Bonchev–Trinajstić information content (AvgIpc) is 2.51. The lowest BCUT2D eigenvalue weighted by molar-refractivity contribution is -0.144. The van der Waals surface area contributed by atoms with Crippen LogP contribution in [0.2, 0.25) is 0 Å². The van der Waals surface area contributed by atoms with E-state index >= 15 is 0 Å². The van der Waals surface area contributed by atoms with Crippen LogP contribution in [0.1, 0.15) is 104 Å². The number of aliphatic carboxylic acids is 1. The van der Waals surface area contributed by atoms with Crippen molar-refractivity contribution >= 4 is 11.9 Å². The molecular formula is C20H38O4. The van der Waals surface area contributed by atoms with Crippen molar-refractivity contribution in [1.29, 1.82) is 0 Å². The van der Waals surface area contributed by atoms with Gasteiger partial charge < -0.3 is 9.84 Å². The molecule has 4 heteroatoms. The molecule has 0 aliphatic rings. The van der Waals surface area contributed by atoms with Crippen LogP contribution in [0.5, 0.6) is 0 Å². The number of carboxylic acid groups (broad SMARTS) is 1. The van der Waals surface area contributed by atoms with Gasteiger partial charge in [0.05, 0.1) is 6.61 Å². The van der Waals surface area contributed by atoms with Crippen LogP contribution in [0.15, 0.2) is 0 Å². The van der Waals surface area contributed by atoms with Crippen molar-refractivity contribution in [2.24, 2.45) is 5.92 Å². The molecular weight excluding hydrogens is 304 g/mol. The highest BCUT2D eigenvalue weighted by Crippen LogP contribution is 2.12. The minimum Gasteiger partial charge on any atom is -0.481 e. The van der Waals surface area contributed by atoms with Crippen LogP contribution in [0.25, 0.3) is 0 Å². The second kappa shape index (κ2) is 16.8. The number of carboxylic acids is 1. The van der Waals surface area contributed by atoms with E-state index < -0.39 is 5.97 Å². The molecule has 0 fully saturated rings. The summed E-state index contributed by atoms with van der Waals surface area (Å²) in [6, 6.07) is 0. The first-order valence-electron chi connectivity index (χ1n) is 9.89. The van der Waals surface area contributed by atoms with Crippen molar-refractivity contribution in [2.75, 3.05) is 6.61 Å². The number of unbranched alkanes of at least 4 members (excludes halogenated alkanes) is 9. The largest absolute Gasteiger partial charge is 0.481 e. The van der Waals surface area contributed by atoms with Gasteiger partial charge in [-0.2, -0.15) is 0 Å². The van der Waals surface area contributed by atoms with E-state index in [1.165, 1.54) is 32.1 Å². The summed E-state index contributed by atoms with van der Waals surface area (Å²) in [7, 11) is 0. The molecule has 0 saturated carbocycles. The van der Waals surface area contributed by atoms with Gasteiger partial charge in [0.15, 0.2) is 0 Å². The second-order valence-electron chi connectivity index (χ2n) is 7.19. The van der Waals surface area contributed by atoms with Crippen molar-refractivity contribution in [2.45, 2.75) is 104 Å². The summed E-state index contributed by atoms with van der Waals surface area (Å²) >= 11 is 0. The van der Waals surface area contributed by atoms with Crippen molar-refractivity contribution in [1.82, 2.24) is 0 Å². The Morgan fingerprint density at radius 2 is 1.25 bits per heavy atom. The first-order chi connectivity index (χ1) is 11.5. The summed E-state index contributed by atoms with van der Waals surface area (Å²) in [5, 5.41) is 8.53. The second-order valence-corrected chi connectivity index (χ2v) is 7.19. The summed E-state index contributed by atoms with van der Waals surface area (Å²) in [5.41, 5.74) is 0. The Bertz CT molecular complexity index is 313. The number of rotatable bonds is 17. The number of hydrogen-bond donors (Lipinski definition) is 1. The van der Waals surface area contributed by atoms with Gasteiger partial charge in [0.25, 0.3) is 0 Å². The summed E-state index contributed by atoms with van der Waals surface area (Å²) in [6.45, 7) is 5.00. The zero-order valence-corrected chi connectivity index (χ0v) is 15.9. The highest BCUT2D eigenvalue weighted by atomic mass is 16.5. The zero-order chi connectivity index (χ0) is 18.0. The summed E-state index contributed by atoms with van der Waals surface area (Å²) in [5.74, 6) is -0.00694. The molecule has 4 nitrogen and oxygen atoms in total. The predicted molar refractivity (Wildman–Crippen MR) is 98.1 cm³/mol. The van der Waals surface area contributed by atoms with Crippen LogP contribution in [-0.4, -0.2) is 23.7 Å². The van der Waals surface area contributed by atoms with Gasteiger partial charge in [-0.1, -0.05) is 65.2 Å². The SMILES string of the molecule is CC(C)CCCCOC(=O)CCCCCCCCCCCC(=O)O. The molecule has 0 radical (unpaired) electrons. The molecule has 0 amide bonds. The van der Waals surface area contributed by atoms with Crippen LogP contribution < -0.4 is 0 Å². The molecule has 0 unspecified atom stereocenters. The molecule has 0 heterocycles. The third-order valence-electron chi connectivity index (χ3n) is 4.21. The van der Waals surface area contributed by atoms with Crippen LogP contribution in [0, 0.1) is 5.92 Å². The average molecular weight is 343 g/mol. The van der Waals surface area contributed by atoms with Gasteiger partial charge in [-0.05, 0) is 31.6 Å². The Balaban J connectivity index is 3.18. The monoisotopic (exact) mass is 342 g/mol. The van der Waals surface area contributed by atoms with Crippen molar-refractivity contribution < 1.29 is 19.4 Å². The van der Waals surface area contributed by atoms with Gasteiger partial charge in [0.2, 0.25) is 0 Å². The fraction of sp³-hybridized carbons (Fsp3) is 0.900. The first kappa shape index (κ1) is 22.9. The van der Waals surface area contributed by atoms with E-state index in [2.05, 4.69) is 13.8 Å². The maximum atomic E-state index is 11.6. The molecule has 0 aliphatic carbocycles. The number of esters is 1. The predicted octanol–water partition coefficient (Wildman–Crippen LogP) is 5.73. The minimum absolute atomic E-state index is 0.0435. The Kier molecular flexibility index (Phi) is 16.0. The van der Waals surface area contributed by atoms with Gasteiger partial charge in [0.1, 0.15) is 0 Å². The highest BCUT2D eigenvalue weighted by Gasteiger charge is 2.03. The molecule has 142 valence electrons. The van der Waals surface area contributed by atoms with E-state index in [4.69, 9.17) is 9.84 Å². The van der Waals surface area contributed by atoms with Crippen molar-refractivity contribution in [3.8, 4) is 0 Å². The summed E-state index contributed by atoms with van der Waals surface area (Å²) in [6.07, 6.45) is 14.0. The highest BCUT2D eigenvalue weighted by molar-refractivity contribution is 5.69. The van der Waals surface area contributed by atoms with E-state index in [-0.39, 0.29) is 5.97 Å². The maximum Gasteiger partial charge on any atom is 0.305 e. The molecule has 0 bridgehead atoms. The fourth-order valence-electron chi connectivity index (χ4n) is 2.70. The first-order valence-corrected chi connectivity index (χ1v) is 9.89. The van der Waals surface area contributed by atoms with Crippen molar-refractivity contribution in [3.05, 3.63) is 0 Å². The number of hydrogen-bond acceptors (Lipinski definition) is 3. The zero-order valence-electron chi connectivity index (χ0n) is 15.9. The third kappa shape index (κ3) is 19.0. The van der Waals surface area contributed by atoms with Crippen LogP contribution in [0.4, 0.5) is 0 Å². The van der Waals surface area contributed by atoms with Crippen LogP contribution >= 0.6 is 0 Å². The smallest absolute Gasteiger partial charge is 0.305 e. The van der Waals surface area contributed by atoms with Gasteiger partial charge in [-0.25, -0.2) is 0 Å². The quantitative estimate of drug-likeness (QED) is 0.271. The molecule has 0 aromatic carbocycles. The van der Waals surface area contributed by atoms with Gasteiger partial charge in [0, 0.05) is 12.8 Å². The van der Waals surface area contributed by atoms with Gasteiger partial charge >= 0.3 is 11.9 Å². The summed E-state index contributed by atoms with van der Waals surface area (Å²) in [4.78, 5) is 21.9. The van der Waals surface area contributed by atoms with E-state index in [1.54, 1.807) is 0 Å². The van der Waals surface area contributed by atoms with Gasteiger partial charge in [-0.15, -0.1) is 0 Å². The lowest BCUT2D eigenvalue weighted by Crippen LogP contribution is -2.05. The molecule has 0 aromatic heterocycles. The molecule has 0 aliphatic heterocycles. The fourth-order valence-corrected chi connectivity index (χ4v) is 2.70. The molecule has 1 N–H and O–H groups in total. The normalized spacial score (nSPS) is 11.0. The number of carbonyl (C=O) groups is 2. The molecule has 0 aromatic rings. The molecule has 0 rings (SSSR count). The third-order valence-corrected chi connectivity index (χ3v) is 4.21. The number of carbonyl (C=O) groups excluding carboxylic acids is 1. The lowest BCUT2D eigenvalue weighted by atomic mass is 10.1. The molecule has 0 spiro atoms. The molecule has 0 atom stereocenters. The maximum absolute atomic E-state index is 11.6. The van der Waals surface area contributed by atoms with E-state index in [0.717, 1.165) is 50.9 Å². The van der Waals surface area contributed by atoms with Crippen molar-refractivity contribution in [3.63, 3.8) is 0 Å².